The molecule has 1 N–H and O–H groups in total. The molecule has 6 nitrogen and oxygen atoms in total. The van der Waals surface area contributed by atoms with Crippen LogP contribution in [0, 0.1) is 0 Å². The number of esters is 1. The smallest absolute Gasteiger partial charge is 0.418 e. The van der Waals surface area contributed by atoms with Crippen LogP contribution in [-0.4, -0.2) is 32.7 Å². The lowest BCUT2D eigenvalue weighted by atomic mass is 10.1. The Kier molecular flexibility index (Phi) is 6.86. The second kappa shape index (κ2) is 9.12. The molecule has 2 aromatic rings. The van der Waals surface area contributed by atoms with Gasteiger partial charge >= 0.3 is 12.1 Å². The molecule has 0 saturated carbocycles. The molecule has 0 aromatic heterocycles. The fourth-order valence-corrected chi connectivity index (χ4v) is 2.38. The predicted molar refractivity (Wildman–Crippen MR) is 94.3 cm³/mol. The first-order valence-electron chi connectivity index (χ1n) is 8.07. The second-order valence-electron chi connectivity index (χ2n) is 5.62. The van der Waals surface area contributed by atoms with E-state index in [0.717, 1.165) is 12.1 Å². The predicted octanol–water partition coefficient (Wildman–Crippen LogP) is 3.45. The van der Waals surface area contributed by atoms with E-state index < -0.39 is 35.9 Å². The van der Waals surface area contributed by atoms with Crippen molar-refractivity contribution >= 4 is 17.6 Å². The van der Waals surface area contributed by atoms with E-state index in [1.165, 1.54) is 26.4 Å². The van der Waals surface area contributed by atoms with E-state index in [-0.39, 0.29) is 6.42 Å². The molecule has 0 aliphatic rings. The largest absolute Gasteiger partial charge is 0.493 e. The summed E-state index contributed by atoms with van der Waals surface area (Å²) >= 11 is 0. The number of ether oxygens (including phenoxy) is 3. The summed E-state index contributed by atoms with van der Waals surface area (Å²) < 4.78 is 53.8. The van der Waals surface area contributed by atoms with E-state index in [0.29, 0.717) is 17.1 Å². The minimum atomic E-state index is -4.62. The lowest BCUT2D eigenvalue weighted by molar-refractivity contribution is -0.146. The number of carbonyl (C=O) groups is 2. The van der Waals surface area contributed by atoms with E-state index in [4.69, 9.17) is 14.2 Å². The van der Waals surface area contributed by atoms with Gasteiger partial charge in [-0.1, -0.05) is 18.2 Å². The quantitative estimate of drug-likeness (QED) is 0.725. The van der Waals surface area contributed by atoms with Gasteiger partial charge in [-0.15, -0.1) is 0 Å². The number of methoxy groups -OCH3 is 2. The van der Waals surface area contributed by atoms with Crippen molar-refractivity contribution < 1.29 is 37.0 Å². The highest BCUT2D eigenvalue weighted by Crippen LogP contribution is 2.34. The molecule has 0 spiro atoms. The zero-order valence-corrected chi connectivity index (χ0v) is 15.1. The zero-order chi connectivity index (χ0) is 20.7. The van der Waals surface area contributed by atoms with Gasteiger partial charge in [0.2, 0.25) is 0 Å². The molecule has 0 unspecified atom stereocenters. The summed E-state index contributed by atoms with van der Waals surface area (Å²) in [7, 11) is 2.92. The third kappa shape index (κ3) is 5.63. The average molecular weight is 397 g/mol. The number of nitrogens with one attached hydrogen (secondary N) is 1. The Hall–Kier alpha value is -3.23. The number of amides is 1. The van der Waals surface area contributed by atoms with Crippen molar-refractivity contribution in [1.29, 1.82) is 0 Å². The first-order valence-corrected chi connectivity index (χ1v) is 8.07. The molecule has 0 bridgehead atoms. The molecular weight excluding hydrogens is 379 g/mol. The van der Waals surface area contributed by atoms with Crippen LogP contribution in [0.3, 0.4) is 0 Å². The van der Waals surface area contributed by atoms with E-state index in [2.05, 4.69) is 5.32 Å². The Morgan fingerprint density at radius 3 is 2.32 bits per heavy atom. The topological polar surface area (TPSA) is 73.9 Å². The number of anilines is 1. The summed E-state index contributed by atoms with van der Waals surface area (Å²) in [5.74, 6) is -0.680. The Morgan fingerprint density at radius 2 is 1.68 bits per heavy atom. The number of para-hydroxylation sites is 1. The SMILES string of the molecule is COc1ccc(CC(=O)OCC(=O)Nc2ccccc2C(F)(F)F)cc1OC. The van der Waals surface area contributed by atoms with Crippen LogP contribution in [0.5, 0.6) is 11.5 Å². The third-order valence-electron chi connectivity index (χ3n) is 3.67. The number of alkyl halides is 3. The lowest BCUT2D eigenvalue weighted by Crippen LogP contribution is -2.23. The number of rotatable bonds is 7. The molecule has 0 atom stereocenters. The molecule has 150 valence electrons. The Labute approximate surface area is 159 Å². The van der Waals surface area contributed by atoms with Gasteiger partial charge in [-0.05, 0) is 29.8 Å². The van der Waals surface area contributed by atoms with Gasteiger partial charge in [0.1, 0.15) is 0 Å². The van der Waals surface area contributed by atoms with Crippen molar-refractivity contribution in [3.8, 4) is 11.5 Å². The highest BCUT2D eigenvalue weighted by molar-refractivity contribution is 5.93. The number of hydrogen-bond acceptors (Lipinski definition) is 5. The zero-order valence-electron chi connectivity index (χ0n) is 15.1. The van der Waals surface area contributed by atoms with Crippen molar-refractivity contribution in [2.45, 2.75) is 12.6 Å². The first kappa shape index (κ1) is 21.1. The summed E-state index contributed by atoms with van der Waals surface area (Å²) in [6, 6.07) is 9.35. The van der Waals surface area contributed by atoms with Crippen LogP contribution in [0.25, 0.3) is 0 Å². The Morgan fingerprint density at radius 1 is 1.00 bits per heavy atom. The van der Waals surface area contributed by atoms with Gasteiger partial charge < -0.3 is 19.5 Å². The second-order valence-corrected chi connectivity index (χ2v) is 5.62. The van der Waals surface area contributed by atoms with Gasteiger partial charge in [-0.25, -0.2) is 0 Å². The lowest BCUT2D eigenvalue weighted by Gasteiger charge is -2.13. The summed E-state index contributed by atoms with van der Waals surface area (Å²) in [6.07, 6.45) is -4.76. The summed E-state index contributed by atoms with van der Waals surface area (Å²) in [6.45, 7) is -0.710. The number of benzene rings is 2. The van der Waals surface area contributed by atoms with Crippen LogP contribution in [0.15, 0.2) is 42.5 Å². The summed E-state index contributed by atoms with van der Waals surface area (Å²) in [5, 5.41) is 2.10. The molecule has 0 aliphatic heterocycles. The highest BCUT2D eigenvalue weighted by atomic mass is 19.4. The highest BCUT2D eigenvalue weighted by Gasteiger charge is 2.33. The van der Waals surface area contributed by atoms with Crippen molar-refractivity contribution in [2.24, 2.45) is 0 Å². The molecule has 9 heteroatoms. The number of hydrogen-bond donors (Lipinski definition) is 1. The Balaban J connectivity index is 1.92. The third-order valence-corrected chi connectivity index (χ3v) is 3.67. The van der Waals surface area contributed by atoms with E-state index in [1.54, 1.807) is 18.2 Å². The normalized spacial score (nSPS) is 10.9. The average Bonchev–Trinajstić information content (AvgIpc) is 2.66. The van der Waals surface area contributed by atoms with Gasteiger partial charge in [0.15, 0.2) is 18.1 Å². The van der Waals surface area contributed by atoms with Crippen LogP contribution >= 0.6 is 0 Å². The van der Waals surface area contributed by atoms with Crippen LogP contribution in [0.2, 0.25) is 0 Å². The number of carbonyl (C=O) groups excluding carboxylic acids is 2. The Bertz CT molecular complexity index is 852. The summed E-state index contributed by atoms with van der Waals surface area (Å²) in [4.78, 5) is 23.7. The molecular formula is C19H18F3NO5. The maximum atomic E-state index is 12.9. The molecule has 0 fully saturated rings. The standard InChI is InChI=1S/C19H18F3NO5/c1-26-15-8-7-12(9-16(15)27-2)10-18(25)28-11-17(24)23-14-6-4-3-5-13(14)19(20,21)22/h3-9H,10-11H2,1-2H3,(H,23,24). The van der Waals surface area contributed by atoms with Crippen LogP contribution in [0.4, 0.5) is 18.9 Å². The molecule has 0 heterocycles. The van der Waals surface area contributed by atoms with Gasteiger partial charge in [0, 0.05) is 0 Å². The molecule has 28 heavy (non-hydrogen) atoms. The van der Waals surface area contributed by atoms with E-state index >= 15 is 0 Å². The van der Waals surface area contributed by atoms with E-state index in [9.17, 15) is 22.8 Å². The molecule has 1 amide bonds. The van der Waals surface area contributed by atoms with Gasteiger partial charge in [-0.2, -0.15) is 13.2 Å². The van der Waals surface area contributed by atoms with Crippen LogP contribution < -0.4 is 14.8 Å². The first-order chi connectivity index (χ1) is 13.2. The van der Waals surface area contributed by atoms with Crippen LogP contribution in [0.1, 0.15) is 11.1 Å². The van der Waals surface area contributed by atoms with Crippen molar-refractivity contribution in [1.82, 2.24) is 0 Å². The van der Waals surface area contributed by atoms with Crippen molar-refractivity contribution in [3.63, 3.8) is 0 Å². The monoisotopic (exact) mass is 397 g/mol. The summed E-state index contributed by atoms with van der Waals surface area (Å²) in [5.41, 5.74) is -0.832. The minimum Gasteiger partial charge on any atom is -0.493 e. The van der Waals surface area contributed by atoms with Crippen LogP contribution in [-0.2, 0) is 26.9 Å². The fourth-order valence-electron chi connectivity index (χ4n) is 2.38. The molecule has 0 saturated heterocycles. The maximum absolute atomic E-state index is 12.9. The fraction of sp³-hybridized carbons (Fsp3) is 0.263. The molecule has 2 aromatic carbocycles. The van der Waals surface area contributed by atoms with Gasteiger partial charge in [-0.3, -0.25) is 9.59 Å². The van der Waals surface area contributed by atoms with Crippen molar-refractivity contribution in [3.05, 3.63) is 53.6 Å². The molecule has 0 aliphatic carbocycles. The number of halogens is 3. The molecule has 2 rings (SSSR count). The molecule has 0 radical (unpaired) electrons. The van der Waals surface area contributed by atoms with Crippen molar-refractivity contribution in [2.75, 3.05) is 26.1 Å². The van der Waals surface area contributed by atoms with Gasteiger partial charge in [0.05, 0.1) is 31.9 Å². The minimum absolute atomic E-state index is 0.146. The maximum Gasteiger partial charge on any atom is 0.418 e. The van der Waals surface area contributed by atoms with Gasteiger partial charge in [0.25, 0.3) is 5.91 Å². The van der Waals surface area contributed by atoms with E-state index in [1.807, 2.05) is 0 Å².